The van der Waals surface area contributed by atoms with E-state index in [2.05, 4.69) is 10.2 Å². The largest absolute Gasteiger partial charge is 0.465 e. The van der Waals surface area contributed by atoms with Crippen LogP contribution in [0.1, 0.15) is 38.4 Å². The molecule has 0 bridgehead atoms. The molecule has 1 aromatic heterocycles. The highest BCUT2D eigenvalue weighted by Gasteiger charge is 2.48. The zero-order chi connectivity index (χ0) is 12.5. The number of ether oxygens (including phenoxy) is 1. The Balaban J connectivity index is 2.41. The summed E-state index contributed by atoms with van der Waals surface area (Å²) in [6, 6.07) is 0. The molecule has 7 nitrogen and oxygen atoms in total. The number of esters is 1. The van der Waals surface area contributed by atoms with E-state index in [-0.39, 0.29) is 11.9 Å². The van der Waals surface area contributed by atoms with Gasteiger partial charge in [-0.25, -0.2) is 4.68 Å². The fraction of sp³-hybridized carbons (Fsp3) is 0.700. The van der Waals surface area contributed by atoms with Crippen molar-refractivity contribution in [2.75, 3.05) is 18.2 Å². The summed E-state index contributed by atoms with van der Waals surface area (Å²) >= 11 is 0. The van der Waals surface area contributed by atoms with Crippen molar-refractivity contribution < 1.29 is 9.53 Å². The lowest BCUT2D eigenvalue weighted by molar-refractivity contribution is -0.150. The first-order valence-corrected chi connectivity index (χ1v) is 5.75. The maximum Gasteiger partial charge on any atom is 0.319 e. The van der Waals surface area contributed by atoms with Crippen LogP contribution in [0.2, 0.25) is 0 Å². The number of nitrogens with zero attached hydrogens (tertiary/aromatic N) is 3. The molecule has 1 fully saturated rings. The van der Waals surface area contributed by atoms with E-state index in [1.54, 1.807) is 6.92 Å². The number of hydrogen-bond donors (Lipinski definition) is 2. The molecule has 1 aromatic rings. The Labute approximate surface area is 99.1 Å². The standard InChI is InChI=1S/C10H17N5O2/c1-2-17-8(16)10(5-3-4-6-10)7-13-14-9(11)15(7)12/h2-6,12H2,1H3,(H2,11,14). The molecule has 2 rings (SSSR count). The minimum absolute atomic E-state index is 0.107. The molecule has 0 unspecified atom stereocenters. The molecule has 1 aliphatic rings. The van der Waals surface area contributed by atoms with Crippen LogP contribution in [-0.2, 0) is 14.9 Å². The second kappa shape index (κ2) is 4.23. The fourth-order valence-corrected chi connectivity index (χ4v) is 2.40. The SMILES string of the molecule is CCOC(=O)C1(c2nnc(N)n2N)CCCC1. The van der Waals surface area contributed by atoms with Gasteiger partial charge in [0.25, 0.3) is 0 Å². The lowest BCUT2D eigenvalue weighted by atomic mass is 9.85. The molecule has 0 spiro atoms. The lowest BCUT2D eigenvalue weighted by Crippen LogP contribution is -2.39. The number of rotatable bonds is 3. The topological polar surface area (TPSA) is 109 Å². The van der Waals surface area contributed by atoms with Crippen molar-refractivity contribution in [3.05, 3.63) is 5.82 Å². The van der Waals surface area contributed by atoms with Crippen LogP contribution < -0.4 is 11.6 Å². The van der Waals surface area contributed by atoms with E-state index in [0.717, 1.165) is 12.8 Å². The first-order chi connectivity index (χ1) is 8.12. The van der Waals surface area contributed by atoms with Gasteiger partial charge in [-0.05, 0) is 19.8 Å². The molecule has 1 heterocycles. The monoisotopic (exact) mass is 239 g/mol. The number of anilines is 1. The highest BCUT2D eigenvalue weighted by atomic mass is 16.5. The Morgan fingerprint density at radius 1 is 1.47 bits per heavy atom. The van der Waals surface area contributed by atoms with Crippen LogP contribution in [-0.4, -0.2) is 27.4 Å². The fourth-order valence-electron chi connectivity index (χ4n) is 2.40. The van der Waals surface area contributed by atoms with E-state index in [9.17, 15) is 4.79 Å². The first kappa shape index (κ1) is 11.7. The molecular weight excluding hydrogens is 222 g/mol. The maximum atomic E-state index is 12.1. The Morgan fingerprint density at radius 3 is 2.59 bits per heavy atom. The summed E-state index contributed by atoms with van der Waals surface area (Å²) in [6.45, 7) is 2.12. The van der Waals surface area contributed by atoms with Crippen molar-refractivity contribution in [2.45, 2.75) is 38.0 Å². The molecule has 4 N–H and O–H groups in total. The summed E-state index contributed by atoms with van der Waals surface area (Å²) < 4.78 is 6.31. The zero-order valence-corrected chi connectivity index (χ0v) is 9.85. The number of nitrogen functional groups attached to an aromatic ring is 2. The second-order valence-corrected chi connectivity index (χ2v) is 4.26. The van der Waals surface area contributed by atoms with E-state index < -0.39 is 5.41 Å². The number of carbonyl (C=O) groups excluding carboxylic acids is 1. The van der Waals surface area contributed by atoms with Gasteiger partial charge in [-0.3, -0.25) is 4.79 Å². The summed E-state index contributed by atoms with van der Waals surface area (Å²) in [5, 5.41) is 7.64. The highest BCUT2D eigenvalue weighted by Crippen LogP contribution is 2.41. The van der Waals surface area contributed by atoms with Gasteiger partial charge in [-0.2, -0.15) is 0 Å². The summed E-state index contributed by atoms with van der Waals surface area (Å²) in [5.41, 5.74) is 4.79. The number of nitrogens with two attached hydrogens (primary N) is 2. The van der Waals surface area contributed by atoms with Gasteiger partial charge < -0.3 is 16.3 Å². The van der Waals surface area contributed by atoms with Gasteiger partial charge in [0, 0.05) is 0 Å². The Hall–Kier alpha value is -1.79. The van der Waals surface area contributed by atoms with Crippen LogP contribution in [0.3, 0.4) is 0 Å². The van der Waals surface area contributed by atoms with Crippen molar-refractivity contribution >= 4 is 11.9 Å². The molecule has 0 radical (unpaired) electrons. The maximum absolute atomic E-state index is 12.1. The molecule has 7 heteroatoms. The molecule has 0 amide bonds. The van der Waals surface area contributed by atoms with Crippen LogP contribution in [0.5, 0.6) is 0 Å². The minimum atomic E-state index is -0.768. The molecule has 94 valence electrons. The Kier molecular flexibility index (Phi) is 2.91. The van der Waals surface area contributed by atoms with Crippen LogP contribution in [0.4, 0.5) is 5.95 Å². The predicted molar refractivity (Wildman–Crippen MR) is 61.4 cm³/mol. The third-order valence-electron chi connectivity index (χ3n) is 3.27. The van der Waals surface area contributed by atoms with Gasteiger partial charge in [-0.15, -0.1) is 10.2 Å². The van der Waals surface area contributed by atoms with Crippen LogP contribution >= 0.6 is 0 Å². The van der Waals surface area contributed by atoms with E-state index >= 15 is 0 Å². The Bertz CT molecular complexity index is 422. The van der Waals surface area contributed by atoms with Crippen LogP contribution in [0, 0.1) is 0 Å². The average Bonchev–Trinajstić information content (AvgIpc) is 2.89. The quantitative estimate of drug-likeness (QED) is 0.565. The van der Waals surface area contributed by atoms with Crippen molar-refractivity contribution in [3.8, 4) is 0 Å². The first-order valence-electron chi connectivity index (χ1n) is 5.75. The molecule has 0 atom stereocenters. The third kappa shape index (κ3) is 1.71. The summed E-state index contributed by atoms with van der Waals surface area (Å²) in [4.78, 5) is 12.1. The van der Waals surface area contributed by atoms with Crippen LogP contribution in [0.25, 0.3) is 0 Å². The van der Waals surface area contributed by atoms with E-state index in [1.165, 1.54) is 4.68 Å². The summed E-state index contributed by atoms with van der Waals surface area (Å²) in [6.07, 6.45) is 3.26. The number of hydrogen-bond acceptors (Lipinski definition) is 6. The minimum Gasteiger partial charge on any atom is -0.465 e. The summed E-state index contributed by atoms with van der Waals surface area (Å²) in [7, 11) is 0. The average molecular weight is 239 g/mol. The van der Waals surface area contributed by atoms with E-state index in [4.69, 9.17) is 16.3 Å². The van der Waals surface area contributed by atoms with Crippen molar-refractivity contribution in [3.63, 3.8) is 0 Å². The molecule has 0 aliphatic heterocycles. The van der Waals surface area contributed by atoms with Gasteiger partial charge in [0.1, 0.15) is 5.41 Å². The zero-order valence-electron chi connectivity index (χ0n) is 9.85. The Morgan fingerprint density at radius 2 is 2.12 bits per heavy atom. The van der Waals surface area contributed by atoms with Crippen molar-refractivity contribution in [2.24, 2.45) is 0 Å². The molecule has 1 saturated carbocycles. The number of carbonyl (C=O) groups is 1. The van der Waals surface area contributed by atoms with E-state index in [1.807, 2.05) is 0 Å². The van der Waals surface area contributed by atoms with Gasteiger partial charge in [0.05, 0.1) is 6.61 Å². The normalized spacial score (nSPS) is 18.2. The summed E-state index contributed by atoms with van der Waals surface area (Å²) in [5.74, 6) is 5.99. The lowest BCUT2D eigenvalue weighted by Gasteiger charge is -2.24. The predicted octanol–water partition coefficient (Wildman–Crippen LogP) is -0.0510. The van der Waals surface area contributed by atoms with E-state index in [0.29, 0.717) is 25.3 Å². The highest BCUT2D eigenvalue weighted by molar-refractivity contribution is 5.82. The molecule has 1 aliphatic carbocycles. The van der Waals surface area contributed by atoms with Gasteiger partial charge >= 0.3 is 5.97 Å². The number of aromatic nitrogens is 3. The molecule has 0 saturated heterocycles. The molecule has 0 aromatic carbocycles. The van der Waals surface area contributed by atoms with Gasteiger partial charge in [-0.1, -0.05) is 12.8 Å². The van der Waals surface area contributed by atoms with Crippen LogP contribution in [0.15, 0.2) is 0 Å². The molecule has 17 heavy (non-hydrogen) atoms. The van der Waals surface area contributed by atoms with Crippen molar-refractivity contribution in [1.82, 2.24) is 14.9 Å². The van der Waals surface area contributed by atoms with Gasteiger partial charge in [0.15, 0.2) is 5.82 Å². The second-order valence-electron chi connectivity index (χ2n) is 4.26. The van der Waals surface area contributed by atoms with Crippen molar-refractivity contribution in [1.29, 1.82) is 0 Å². The molecular formula is C10H17N5O2. The smallest absolute Gasteiger partial charge is 0.319 e. The third-order valence-corrected chi connectivity index (χ3v) is 3.27. The van der Waals surface area contributed by atoms with Gasteiger partial charge in [0.2, 0.25) is 5.95 Å².